The number of aliphatic hydroxyl groups is 2. The number of hydrogen-bond donors (Lipinski definition) is 3. The number of methoxy groups -OCH3 is 1. The molecule has 3 rings (SSSR count). The van der Waals surface area contributed by atoms with Crippen LogP contribution >= 0.6 is 0 Å². The maximum absolute atomic E-state index is 10.5. The van der Waals surface area contributed by atoms with Crippen molar-refractivity contribution in [1.82, 2.24) is 4.90 Å². The fraction of sp³-hybridized carbons (Fsp3) is 0.647. The predicted molar refractivity (Wildman–Crippen MR) is 91.4 cm³/mol. The van der Waals surface area contributed by atoms with Crippen LogP contribution in [0.5, 0.6) is 5.75 Å². The minimum atomic E-state index is -0.707. The van der Waals surface area contributed by atoms with Crippen molar-refractivity contribution < 1.29 is 19.7 Å². The molecule has 0 bridgehead atoms. The van der Waals surface area contributed by atoms with Gasteiger partial charge in [0.15, 0.2) is 0 Å². The first kappa shape index (κ1) is 17.4. The first-order valence-corrected chi connectivity index (χ1v) is 8.46. The van der Waals surface area contributed by atoms with Crippen molar-refractivity contribution in [3.63, 3.8) is 0 Å². The van der Waals surface area contributed by atoms with Gasteiger partial charge in [0.1, 0.15) is 18.0 Å². The average Bonchev–Trinajstić information content (AvgIpc) is 2.97. The molecule has 2 aliphatic rings. The summed E-state index contributed by atoms with van der Waals surface area (Å²) in [5.41, 5.74) is 6.88. The number of para-hydroxylation sites is 2. The lowest BCUT2D eigenvalue weighted by molar-refractivity contribution is -0.0193. The molecular weight excluding hydrogens is 310 g/mol. The van der Waals surface area contributed by atoms with Gasteiger partial charge in [-0.05, 0) is 12.1 Å². The minimum Gasteiger partial charge on any atom is -0.495 e. The third-order valence-corrected chi connectivity index (χ3v) is 5.04. The number of anilines is 1. The highest BCUT2D eigenvalue weighted by molar-refractivity contribution is 5.58. The summed E-state index contributed by atoms with van der Waals surface area (Å²) in [7, 11) is 1.68. The van der Waals surface area contributed by atoms with E-state index >= 15 is 0 Å². The third-order valence-electron chi connectivity index (χ3n) is 5.04. The van der Waals surface area contributed by atoms with Gasteiger partial charge in [0.05, 0.1) is 31.5 Å². The number of nitrogens with zero attached hydrogens (tertiary/aromatic N) is 2. The number of piperazine rings is 1. The quantitative estimate of drug-likeness (QED) is 0.652. The van der Waals surface area contributed by atoms with E-state index in [9.17, 15) is 10.2 Å². The maximum atomic E-state index is 10.5. The van der Waals surface area contributed by atoms with Crippen LogP contribution in [-0.2, 0) is 4.74 Å². The Hall–Kier alpha value is -1.38. The number of ether oxygens (including phenoxy) is 2. The molecule has 0 unspecified atom stereocenters. The largest absolute Gasteiger partial charge is 0.495 e. The Labute approximate surface area is 142 Å². The van der Waals surface area contributed by atoms with Crippen LogP contribution in [0.25, 0.3) is 0 Å². The van der Waals surface area contributed by atoms with Gasteiger partial charge in [-0.1, -0.05) is 12.1 Å². The van der Waals surface area contributed by atoms with Crippen molar-refractivity contribution in [2.45, 2.75) is 24.4 Å². The lowest BCUT2D eigenvalue weighted by Crippen LogP contribution is -2.57. The molecule has 1 aromatic rings. The van der Waals surface area contributed by atoms with Crippen molar-refractivity contribution >= 4 is 5.69 Å². The minimum absolute atomic E-state index is 0.160. The van der Waals surface area contributed by atoms with Crippen LogP contribution in [-0.4, -0.2) is 85.9 Å². The molecule has 24 heavy (non-hydrogen) atoms. The molecule has 7 heteroatoms. The third kappa shape index (κ3) is 3.22. The second-order valence-corrected chi connectivity index (χ2v) is 6.31. The lowest BCUT2D eigenvalue weighted by Gasteiger charge is -2.41. The Morgan fingerprint density at radius 2 is 1.92 bits per heavy atom. The number of nitrogens with two attached hydrogens (primary N) is 1. The maximum Gasteiger partial charge on any atom is 0.142 e. The number of rotatable bonds is 5. The van der Waals surface area contributed by atoms with Gasteiger partial charge < -0.3 is 30.3 Å². The van der Waals surface area contributed by atoms with E-state index in [1.807, 2.05) is 18.2 Å². The molecule has 4 atom stereocenters. The van der Waals surface area contributed by atoms with Gasteiger partial charge in [-0.25, -0.2) is 0 Å². The number of aliphatic hydroxyl groups excluding tert-OH is 2. The molecule has 2 saturated heterocycles. The van der Waals surface area contributed by atoms with Gasteiger partial charge >= 0.3 is 0 Å². The Balaban J connectivity index is 1.66. The normalized spacial score (nSPS) is 31.4. The molecule has 134 valence electrons. The van der Waals surface area contributed by atoms with Crippen LogP contribution in [0.2, 0.25) is 0 Å². The lowest BCUT2D eigenvalue weighted by atomic mass is 10.0. The Morgan fingerprint density at radius 1 is 1.21 bits per heavy atom. The molecule has 0 saturated carbocycles. The van der Waals surface area contributed by atoms with Gasteiger partial charge in [0.2, 0.25) is 0 Å². The molecule has 0 amide bonds. The van der Waals surface area contributed by atoms with Crippen molar-refractivity contribution in [2.75, 3.05) is 51.3 Å². The van der Waals surface area contributed by atoms with Gasteiger partial charge in [0.25, 0.3) is 0 Å². The SMILES string of the molecule is COc1ccccc1N1CCN([C@H]2[C@H](O)[C@H](CO)O[C@@H]2CN)CC1. The molecule has 0 aliphatic carbocycles. The van der Waals surface area contributed by atoms with Crippen molar-refractivity contribution in [2.24, 2.45) is 5.73 Å². The molecule has 0 aromatic heterocycles. The smallest absolute Gasteiger partial charge is 0.142 e. The van der Waals surface area contributed by atoms with Gasteiger partial charge in [0, 0.05) is 32.7 Å². The molecule has 0 spiro atoms. The zero-order valence-electron chi connectivity index (χ0n) is 14.0. The van der Waals surface area contributed by atoms with Crippen molar-refractivity contribution in [3.8, 4) is 5.75 Å². The monoisotopic (exact) mass is 337 g/mol. The summed E-state index contributed by atoms with van der Waals surface area (Å²) in [6.07, 6.45) is -1.49. The Bertz CT molecular complexity index is 534. The fourth-order valence-corrected chi connectivity index (χ4v) is 3.77. The summed E-state index contributed by atoms with van der Waals surface area (Å²) in [6.45, 7) is 3.44. The predicted octanol–water partition coefficient (Wildman–Crippen LogP) is -0.735. The van der Waals surface area contributed by atoms with Gasteiger partial charge in [-0.3, -0.25) is 4.90 Å². The highest BCUT2D eigenvalue weighted by Gasteiger charge is 2.46. The van der Waals surface area contributed by atoms with E-state index < -0.39 is 12.2 Å². The van der Waals surface area contributed by atoms with Crippen LogP contribution in [0, 0.1) is 0 Å². The zero-order valence-corrected chi connectivity index (χ0v) is 14.0. The number of hydrogen-bond acceptors (Lipinski definition) is 7. The van der Waals surface area contributed by atoms with Crippen LogP contribution in [0.1, 0.15) is 0 Å². The van der Waals surface area contributed by atoms with E-state index in [0.29, 0.717) is 6.54 Å². The fourth-order valence-electron chi connectivity index (χ4n) is 3.77. The molecular formula is C17H27N3O4. The molecule has 1 aromatic carbocycles. The zero-order chi connectivity index (χ0) is 17.1. The van der Waals surface area contributed by atoms with E-state index in [1.54, 1.807) is 7.11 Å². The average molecular weight is 337 g/mol. The topological polar surface area (TPSA) is 91.4 Å². The van der Waals surface area contributed by atoms with Gasteiger partial charge in [-0.2, -0.15) is 0 Å². The van der Waals surface area contributed by atoms with Crippen LogP contribution < -0.4 is 15.4 Å². The first-order valence-electron chi connectivity index (χ1n) is 8.46. The van der Waals surface area contributed by atoms with E-state index in [0.717, 1.165) is 37.6 Å². The van der Waals surface area contributed by atoms with Gasteiger partial charge in [-0.15, -0.1) is 0 Å². The standard InChI is InChI=1S/C17H27N3O4/c1-23-13-5-3-2-4-12(13)19-6-8-20(9-7-19)16-14(10-18)24-15(11-21)17(16)22/h2-5,14-17,21-22H,6-11,18H2,1H3/t14-,15+,16-,17-/m1/s1. The Kier molecular flexibility index (Phi) is 5.57. The summed E-state index contributed by atoms with van der Waals surface area (Å²) in [5, 5.41) is 19.8. The van der Waals surface area contributed by atoms with E-state index in [4.69, 9.17) is 15.2 Å². The highest BCUT2D eigenvalue weighted by Crippen LogP contribution is 2.30. The van der Waals surface area contributed by atoms with E-state index in [2.05, 4.69) is 15.9 Å². The summed E-state index contributed by atoms with van der Waals surface area (Å²) < 4.78 is 11.1. The molecule has 2 heterocycles. The van der Waals surface area contributed by atoms with Crippen LogP contribution in [0.15, 0.2) is 24.3 Å². The highest BCUT2D eigenvalue weighted by atomic mass is 16.5. The van der Waals surface area contributed by atoms with E-state index in [-0.39, 0.29) is 18.8 Å². The Morgan fingerprint density at radius 3 is 2.54 bits per heavy atom. The molecule has 2 aliphatic heterocycles. The molecule has 2 fully saturated rings. The summed E-state index contributed by atoms with van der Waals surface area (Å²) >= 11 is 0. The summed E-state index contributed by atoms with van der Waals surface area (Å²) in [6, 6.07) is 7.84. The second kappa shape index (κ2) is 7.67. The molecule has 7 nitrogen and oxygen atoms in total. The molecule has 0 radical (unpaired) electrons. The summed E-state index contributed by atoms with van der Waals surface area (Å²) in [5.74, 6) is 0.871. The molecule has 4 N–H and O–H groups in total. The summed E-state index contributed by atoms with van der Waals surface area (Å²) in [4.78, 5) is 4.52. The second-order valence-electron chi connectivity index (χ2n) is 6.31. The van der Waals surface area contributed by atoms with Crippen molar-refractivity contribution in [1.29, 1.82) is 0 Å². The van der Waals surface area contributed by atoms with Crippen LogP contribution in [0.4, 0.5) is 5.69 Å². The van der Waals surface area contributed by atoms with E-state index in [1.165, 1.54) is 0 Å². The van der Waals surface area contributed by atoms with Crippen LogP contribution in [0.3, 0.4) is 0 Å². The van der Waals surface area contributed by atoms with Crippen molar-refractivity contribution in [3.05, 3.63) is 24.3 Å². The number of benzene rings is 1. The first-order chi connectivity index (χ1) is 11.7.